The van der Waals surface area contributed by atoms with Crippen LogP contribution in [-0.2, 0) is 17.6 Å². The van der Waals surface area contributed by atoms with Crippen molar-refractivity contribution in [3.8, 4) is 5.75 Å². The topological polar surface area (TPSA) is 40.5 Å². The van der Waals surface area contributed by atoms with E-state index >= 15 is 0 Å². The zero-order valence-electron chi connectivity index (χ0n) is 12.2. The summed E-state index contributed by atoms with van der Waals surface area (Å²) in [6, 6.07) is 17.1. The van der Waals surface area contributed by atoms with Crippen LogP contribution in [0.3, 0.4) is 0 Å². The molecule has 0 fully saturated rings. The lowest BCUT2D eigenvalue weighted by molar-refractivity contribution is -0.126. The first-order chi connectivity index (χ1) is 10.1. The molecule has 0 bridgehead atoms. The number of benzene rings is 2. The molecule has 2 aromatic rings. The van der Waals surface area contributed by atoms with E-state index in [4.69, 9.17) is 0 Å². The molecule has 0 saturated carbocycles. The Morgan fingerprint density at radius 1 is 1.05 bits per heavy atom. The Kier molecular flexibility index (Phi) is 5.38. The van der Waals surface area contributed by atoms with Crippen LogP contribution in [0.1, 0.15) is 11.1 Å². The summed E-state index contributed by atoms with van der Waals surface area (Å²) in [7, 11) is 1.82. The monoisotopic (exact) mass is 282 g/mol. The Bertz CT molecular complexity index is 564. The van der Waals surface area contributed by atoms with Crippen molar-refractivity contribution in [2.75, 3.05) is 13.6 Å². The molecule has 21 heavy (non-hydrogen) atoms. The number of carbonyl (C=O) groups is 1. The van der Waals surface area contributed by atoms with Crippen molar-refractivity contribution >= 4 is 5.91 Å². The van der Waals surface area contributed by atoms with E-state index in [2.05, 4.69) is 12.1 Å². The summed E-state index contributed by atoms with van der Waals surface area (Å²) in [5.74, 6) is 0.268. The molecule has 0 spiro atoms. The van der Waals surface area contributed by atoms with Gasteiger partial charge in [-0.05, 0) is 36.1 Å². The fourth-order valence-corrected chi connectivity index (χ4v) is 2.04. The van der Waals surface area contributed by atoms with Crippen LogP contribution in [0.4, 0.5) is 0 Å². The number of hydrogen-bond donors (Lipinski definition) is 1. The third-order valence-corrected chi connectivity index (χ3v) is 3.40. The summed E-state index contributed by atoms with van der Waals surface area (Å²) in [4.78, 5) is 13.8. The van der Waals surface area contributed by atoms with Gasteiger partial charge in [-0.1, -0.05) is 42.5 Å². The molecule has 2 aromatic carbocycles. The van der Waals surface area contributed by atoms with E-state index in [0.29, 0.717) is 13.0 Å². The summed E-state index contributed by atoms with van der Waals surface area (Å²) in [5, 5.41) is 9.22. The fourth-order valence-electron chi connectivity index (χ4n) is 2.04. The normalized spacial score (nSPS) is 10.3. The van der Waals surface area contributed by atoms with E-state index in [0.717, 1.165) is 12.0 Å². The van der Waals surface area contributed by atoms with E-state index < -0.39 is 0 Å². The van der Waals surface area contributed by atoms with E-state index in [9.17, 15) is 9.90 Å². The quantitative estimate of drug-likeness (QED) is 0.885. The number of phenols is 1. The van der Waals surface area contributed by atoms with Gasteiger partial charge >= 0.3 is 0 Å². The predicted octanol–water partition coefficient (Wildman–Crippen LogP) is 2.84. The number of nitrogens with zero attached hydrogens (tertiary/aromatic N) is 1. The molecule has 0 saturated heterocycles. The maximum absolute atomic E-state index is 12.0. The van der Waals surface area contributed by atoms with Gasteiger partial charge in [0.25, 0.3) is 0 Å². The first-order valence-electron chi connectivity index (χ1n) is 7.05. The van der Waals surface area contributed by atoms with Crippen LogP contribution in [-0.4, -0.2) is 29.5 Å². The smallest absolute Gasteiger partial charge is 0.226 e. The van der Waals surface area contributed by atoms with Gasteiger partial charge in [0, 0.05) is 13.6 Å². The highest BCUT2D eigenvalue weighted by molar-refractivity contribution is 5.84. The molecule has 3 nitrogen and oxygen atoms in total. The largest absolute Gasteiger partial charge is 0.508 e. The van der Waals surface area contributed by atoms with Crippen molar-refractivity contribution < 1.29 is 9.90 Å². The highest BCUT2D eigenvalue weighted by Gasteiger charge is 2.09. The Morgan fingerprint density at radius 3 is 2.38 bits per heavy atom. The number of aromatic hydroxyl groups is 1. The van der Waals surface area contributed by atoms with Gasteiger partial charge in [0.1, 0.15) is 5.75 Å². The second-order valence-electron chi connectivity index (χ2n) is 5.07. The second kappa shape index (κ2) is 7.48. The number of rotatable bonds is 6. The van der Waals surface area contributed by atoms with Gasteiger partial charge in [-0.25, -0.2) is 0 Å². The van der Waals surface area contributed by atoms with Crippen molar-refractivity contribution in [2.45, 2.75) is 12.8 Å². The summed E-state index contributed by atoms with van der Waals surface area (Å²) in [6.07, 6.45) is 3.11. The van der Waals surface area contributed by atoms with Crippen molar-refractivity contribution in [1.29, 1.82) is 0 Å². The lowest BCUT2D eigenvalue weighted by atomic mass is 10.1. The SMILES string of the molecule is CN(CCc1ccccc1)C(=O)[CH]Cc1ccc(O)cc1. The summed E-state index contributed by atoms with van der Waals surface area (Å²) in [5.41, 5.74) is 2.24. The number of carbonyl (C=O) groups excluding carboxylic acids is 1. The number of amides is 1. The molecule has 109 valence electrons. The lowest BCUT2D eigenvalue weighted by Crippen LogP contribution is -2.29. The first-order valence-corrected chi connectivity index (χ1v) is 7.05. The maximum Gasteiger partial charge on any atom is 0.226 e. The highest BCUT2D eigenvalue weighted by Crippen LogP contribution is 2.11. The standard InChI is InChI=1S/C18H20NO2/c1-19(14-13-15-5-3-2-4-6-15)18(21)12-9-16-7-10-17(20)11-8-16/h2-8,10-12,20H,9,13-14H2,1H3. The molecule has 0 atom stereocenters. The lowest BCUT2D eigenvalue weighted by Gasteiger charge is -2.17. The molecule has 0 aliphatic heterocycles. The van der Waals surface area contributed by atoms with Crippen molar-refractivity contribution in [3.63, 3.8) is 0 Å². The zero-order chi connectivity index (χ0) is 15.1. The molecule has 1 amide bonds. The summed E-state index contributed by atoms with van der Waals surface area (Å²) in [6.45, 7) is 0.703. The van der Waals surface area contributed by atoms with E-state index in [1.54, 1.807) is 23.5 Å². The molecule has 0 aliphatic carbocycles. The Labute approximate surface area is 125 Å². The fraction of sp³-hybridized carbons (Fsp3) is 0.222. The third kappa shape index (κ3) is 4.95. The van der Waals surface area contributed by atoms with Crippen LogP contribution in [0.5, 0.6) is 5.75 Å². The summed E-state index contributed by atoms with van der Waals surface area (Å²) >= 11 is 0. The molecule has 3 heteroatoms. The van der Waals surface area contributed by atoms with Gasteiger partial charge in [0.2, 0.25) is 5.91 Å². The molecule has 0 aliphatic rings. The molecule has 0 aromatic heterocycles. The molecule has 1 radical (unpaired) electrons. The second-order valence-corrected chi connectivity index (χ2v) is 5.07. The van der Waals surface area contributed by atoms with Crippen LogP contribution in [0.25, 0.3) is 0 Å². The average Bonchev–Trinajstić information content (AvgIpc) is 2.52. The zero-order valence-corrected chi connectivity index (χ0v) is 12.2. The molecule has 1 N–H and O–H groups in total. The minimum absolute atomic E-state index is 0.0269. The van der Waals surface area contributed by atoms with Crippen molar-refractivity contribution in [2.24, 2.45) is 0 Å². The van der Waals surface area contributed by atoms with Crippen LogP contribution in [0.15, 0.2) is 54.6 Å². The highest BCUT2D eigenvalue weighted by atomic mass is 16.3. The first kappa shape index (κ1) is 15.1. The van der Waals surface area contributed by atoms with Gasteiger partial charge < -0.3 is 10.0 Å². The van der Waals surface area contributed by atoms with Crippen LogP contribution >= 0.6 is 0 Å². The molecule has 2 rings (SSSR count). The van der Waals surface area contributed by atoms with Gasteiger partial charge in [0.15, 0.2) is 0 Å². The number of phenolic OH excluding ortho intramolecular Hbond substituents is 1. The van der Waals surface area contributed by atoms with Gasteiger partial charge in [0.05, 0.1) is 6.42 Å². The number of hydrogen-bond acceptors (Lipinski definition) is 2. The minimum Gasteiger partial charge on any atom is -0.508 e. The van der Waals surface area contributed by atoms with Gasteiger partial charge in [-0.3, -0.25) is 4.79 Å². The van der Waals surface area contributed by atoms with E-state index in [1.165, 1.54) is 5.56 Å². The number of likely N-dealkylation sites (N-methyl/N-ethyl adjacent to an activating group) is 1. The molecular formula is C18H20NO2. The molecular weight excluding hydrogens is 262 g/mol. The molecule has 0 unspecified atom stereocenters. The Morgan fingerprint density at radius 2 is 1.71 bits per heavy atom. The van der Waals surface area contributed by atoms with Crippen LogP contribution < -0.4 is 0 Å². The van der Waals surface area contributed by atoms with Crippen molar-refractivity contribution in [1.82, 2.24) is 4.90 Å². The van der Waals surface area contributed by atoms with Gasteiger partial charge in [-0.15, -0.1) is 0 Å². The third-order valence-electron chi connectivity index (χ3n) is 3.40. The molecule has 0 heterocycles. The van der Waals surface area contributed by atoms with Crippen LogP contribution in [0, 0.1) is 6.42 Å². The average molecular weight is 282 g/mol. The van der Waals surface area contributed by atoms with Crippen molar-refractivity contribution in [3.05, 3.63) is 72.1 Å². The Balaban J connectivity index is 1.76. The maximum atomic E-state index is 12.0. The van der Waals surface area contributed by atoms with E-state index in [1.807, 2.05) is 37.4 Å². The minimum atomic E-state index is 0.0269. The summed E-state index contributed by atoms with van der Waals surface area (Å²) < 4.78 is 0. The van der Waals surface area contributed by atoms with Gasteiger partial charge in [-0.2, -0.15) is 0 Å². The van der Waals surface area contributed by atoms with Crippen LogP contribution in [0.2, 0.25) is 0 Å². The Hall–Kier alpha value is -2.29. The van der Waals surface area contributed by atoms with E-state index in [-0.39, 0.29) is 11.7 Å². The predicted molar refractivity (Wildman–Crippen MR) is 83.9 cm³/mol.